The van der Waals surface area contributed by atoms with E-state index in [1.54, 1.807) is 0 Å². The second-order valence-electron chi connectivity index (χ2n) is 6.05. The van der Waals surface area contributed by atoms with Gasteiger partial charge in [-0.25, -0.2) is 0 Å². The van der Waals surface area contributed by atoms with Crippen molar-refractivity contribution in [3.63, 3.8) is 0 Å². The van der Waals surface area contributed by atoms with Gasteiger partial charge in [-0.2, -0.15) is 0 Å². The number of hydrogen-bond donors (Lipinski definition) is 0. The van der Waals surface area contributed by atoms with Crippen LogP contribution in [0.25, 0.3) is 0 Å². The van der Waals surface area contributed by atoms with E-state index in [4.69, 9.17) is 0 Å². The lowest BCUT2D eigenvalue weighted by molar-refractivity contribution is -0.120. The van der Waals surface area contributed by atoms with Gasteiger partial charge in [-0.15, -0.1) is 0 Å². The Kier molecular flexibility index (Phi) is 10.3. The first-order chi connectivity index (χ1) is 9.84. The number of rotatable bonds is 13. The van der Waals surface area contributed by atoms with Crippen LogP contribution >= 0.6 is 0 Å². The van der Waals surface area contributed by atoms with E-state index in [0.29, 0.717) is 5.78 Å². The summed E-state index contributed by atoms with van der Waals surface area (Å²) >= 11 is 0. The van der Waals surface area contributed by atoms with Crippen molar-refractivity contribution in [2.75, 3.05) is 0 Å². The summed E-state index contributed by atoms with van der Waals surface area (Å²) in [5.74, 6) is 0.476. The van der Waals surface area contributed by atoms with Gasteiger partial charge in [0.1, 0.15) is 5.78 Å². The lowest BCUT2D eigenvalue weighted by Gasteiger charge is -2.05. The molecule has 0 aromatic heterocycles. The molecule has 1 nitrogen and oxygen atoms in total. The van der Waals surface area contributed by atoms with Gasteiger partial charge in [-0.1, -0.05) is 95.4 Å². The number of ketones is 1. The molecule has 0 atom stereocenters. The number of Topliss-reactive ketones (excluding diaryl/α,β-unsaturated/α-hetero) is 1. The van der Waals surface area contributed by atoms with Crippen molar-refractivity contribution >= 4 is 5.78 Å². The topological polar surface area (TPSA) is 17.1 Å². The van der Waals surface area contributed by atoms with Crippen LogP contribution in [0.2, 0.25) is 0 Å². The van der Waals surface area contributed by atoms with E-state index in [1.165, 1.54) is 64.2 Å². The molecule has 0 unspecified atom stereocenters. The highest BCUT2D eigenvalue weighted by Gasteiger charge is 2.12. The lowest BCUT2D eigenvalue weighted by Crippen LogP contribution is -2.07. The molecule has 1 aliphatic rings. The zero-order valence-corrected chi connectivity index (χ0v) is 13.3. The highest BCUT2D eigenvalue weighted by atomic mass is 16.1. The van der Waals surface area contributed by atoms with Crippen molar-refractivity contribution in [3.05, 3.63) is 24.3 Å². The minimum atomic E-state index is 0.0816. The van der Waals surface area contributed by atoms with Crippen LogP contribution in [-0.2, 0) is 4.79 Å². The molecule has 0 bridgehead atoms. The van der Waals surface area contributed by atoms with Crippen LogP contribution in [0, 0.1) is 5.92 Å². The van der Waals surface area contributed by atoms with E-state index in [2.05, 4.69) is 6.92 Å². The molecular weight excluding hydrogens is 244 g/mol. The third kappa shape index (κ3) is 8.35. The summed E-state index contributed by atoms with van der Waals surface area (Å²) < 4.78 is 0. The van der Waals surface area contributed by atoms with E-state index >= 15 is 0 Å². The Balaban J connectivity index is 1.79. The van der Waals surface area contributed by atoms with Gasteiger partial charge in [0.05, 0.1) is 5.92 Å². The van der Waals surface area contributed by atoms with Crippen LogP contribution in [0.15, 0.2) is 24.3 Å². The molecule has 0 saturated heterocycles. The standard InChI is InChI=1S/C19H32O/c1-2-3-4-5-6-7-8-9-10-11-12-17-19(20)18-15-13-14-16-18/h13-16,18H,2-12,17H2,1H3. The van der Waals surface area contributed by atoms with Crippen molar-refractivity contribution in [2.45, 2.75) is 84.0 Å². The summed E-state index contributed by atoms with van der Waals surface area (Å²) in [4.78, 5) is 11.8. The summed E-state index contributed by atoms with van der Waals surface area (Å²) in [6.07, 6.45) is 23.5. The van der Waals surface area contributed by atoms with Crippen LogP contribution in [-0.4, -0.2) is 5.78 Å². The lowest BCUT2D eigenvalue weighted by atomic mass is 9.99. The van der Waals surface area contributed by atoms with Crippen LogP contribution in [0.4, 0.5) is 0 Å². The van der Waals surface area contributed by atoms with Gasteiger partial charge in [0.15, 0.2) is 0 Å². The van der Waals surface area contributed by atoms with Gasteiger partial charge in [-0.3, -0.25) is 4.79 Å². The number of carbonyl (C=O) groups is 1. The zero-order chi connectivity index (χ0) is 14.5. The predicted molar refractivity (Wildman–Crippen MR) is 87.9 cm³/mol. The van der Waals surface area contributed by atoms with E-state index in [0.717, 1.165) is 12.8 Å². The number of allylic oxidation sites excluding steroid dienone is 4. The number of unbranched alkanes of at least 4 members (excludes halogenated alkanes) is 10. The molecule has 0 spiro atoms. The molecule has 20 heavy (non-hydrogen) atoms. The highest BCUT2D eigenvalue weighted by molar-refractivity contribution is 5.85. The summed E-state index contributed by atoms with van der Waals surface area (Å²) in [5, 5.41) is 0. The molecule has 0 saturated carbocycles. The molecule has 0 heterocycles. The average molecular weight is 276 g/mol. The van der Waals surface area contributed by atoms with E-state index < -0.39 is 0 Å². The van der Waals surface area contributed by atoms with Gasteiger partial charge in [0.25, 0.3) is 0 Å². The third-order valence-electron chi connectivity index (χ3n) is 4.15. The number of carbonyl (C=O) groups excluding carboxylic acids is 1. The Bertz CT molecular complexity index is 289. The molecule has 0 N–H and O–H groups in total. The van der Waals surface area contributed by atoms with Crippen molar-refractivity contribution < 1.29 is 4.79 Å². The molecule has 0 aromatic rings. The molecule has 1 rings (SSSR count). The normalized spacial score (nSPS) is 14.2. The quantitative estimate of drug-likeness (QED) is 0.377. The highest BCUT2D eigenvalue weighted by Crippen LogP contribution is 2.16. The first kappa shape index (κ1) is 17.2. The second kappa shape index (κ2) is 11.9. The van der Waals surface area contributed by atoms with Gasteiger partial charge in [-0.05, 0) is 6.42 Å². The maximum Gasteiger partial charge on any atom is 0.143 e. The molecule has 1 aliphatic carbocycles. The molecular formula is C19H32O. The Hall–Kier alpha value is -0.850. The molecule has 0 aromatic carbocycles. The summed E-state index contributed by atoms with van der Waals surface area (Å²) in [5.41, 5.74) is 0. The van der Waals surface area contributed by atoms with Crippen molar-refractivity contribution in [1.82, 2.24) is 0 Å². The van der Waals surface area contributed by atoms with Gasteiger partial charge >= 0.3 is 0 Å². The fraction of sp³-hybridized carbons (Fsp3) is 0.737. The fourth-order valence-corrected chi connectivity index (χ4v) is 2.78. The number of hydrogen-bond acceptors (Lipinski definition) is 1. The monoisotopic (exact) mass is 276 g/mol. The van der Waals surface area contributed by atoms with E-state index in [9.17, 15) is 4.79 Å². The van der Waals surface area contributed by atoms with Crippen LogP contribution in [0.5, 0.6) is 0 Å². The Morgan fingerprint density at radius 2 is 1.20 bits per heavy atom. The maximum atomic E-state index is 11.8. The minimum absolute atomic E-state index is 0.0816. The Morgan fingerprint density at radius 1 is 0.750 bits per heavy atom. The zero-order valence-electron chi connectivity index (χ0n) is 13.3. The van der Waals surface area contributed by atoms with E-state index in [-0.39, 0.29) is 5.92 Å². The molecule has 0 amide bonds. The smallest absolute Gasteiger partial charge is 0.143 e. The SMILES string of the molecule is CCCCCCCCCCCCCC(=O)C1C=CC=C1. The van der Waals surface area contributed by atoms with Crippen molar-refractivity contribution in [1.29, 1.82) is 0 Å². The molecule has 1 heteroatoms. The van der Waals surface area contributed by atoms with Gasteiger partial charge in [0.2, 0.25) is 0 Å². The Morgan fingerprint density at radius 3 is 1.70 bits per heavy atom. The van der Waals surface area contributed by atoms with Crippen LogP contribution < -0.4 is 0 Å². The average Bonchev–Trinajstić information content (AvgIpc) is 2.99. The molecule has 0 aliphatic heterocycles. The minimum Gasteiger partial charge on any atom is -0.299 e. The first-order valence-corrected chi connectivity index (χ1v) is 8.72. The van der Waals surface area contributed by atoms with E-state index in [1.807, 2.05) is 24.3 Å². The fourth-order valence-electron chi connectivity index (χ4n) is 2.78. The van der Waals surface area contributed by atoms with Crippen molar-refractivity contribution in [3.8, 4) is 0 Å². The van der Waals surface area contributed by atoms with Gasteiger partial charge in [0, 0.05) is 6.42 Å². The van der Waals surface area contributed by atoms with Crippen LogP contribution in [0.3, 0.4) is 0 Å². The van der Waals surface area contributed by atoms with Gasteiger partial charge < -0.3 is 0 Å². The summed E-state index contributed by atoms with van der Waals surface area (Å²) in [6.45, 7) is 2.27. The predicted octanol–water partition coefficient (Wildman–Crippen LogP) is 6.00. The van der Waals surface area contributed by atoms with Crippen LogP contribution in [0.1, 0.15) is 84.0 Å². The summed E-state index contributed by atoms with van der Waals surface area (Å²) in [7, 11) is 0. The second-order valence-corrected chi connectivity index (χ2v) is 6.05. The van der Waals surface area contributed by atoms with Crippen molar-refractivity contribution in [2.24, 2.45) is 5.92 Å². The first-order valence-electron chi connectivity index (χ1n) is 8.72. The Labute approximate surface area is 125 Å². The molecule has 0 radical (unpaired) electrons. The largest absolute Gasteiger partial charge is 0.299 e. The third-order valence-corrected chi connectivity index (χ3v) is 4.15. The molecule has 114 valence electrons. The molecule has 0 fully saturated rings. The summed E-state index contributed by atoms with van der Waals surface area (Å²) in [6, 6.07) is 0. The maximum absolute atomic E-state index is 11.8.